The summed E-state index contributed by atoms with van der Waals surface area (Å²) in [6, 6.07) is 2.82. The van der Waals surface area contributed by atoms with Crippen molar-refractivity contribution in [2.45, 2.75) is 26.7 Å². The Hall–Kier alpha value is -2.84. The highest BCUT2D eigenvalue weighted by Crippen LogP contribution is 2.43. The fraction of sp³-hybridized carbons (Fsp3) is 0.250. The van der Waals surface area contributed by atoms with Crippen LogP contribution in [0.4, 0.5) is 11.4 Å². The van der Waals surface area contributed by atoms with Crippen molar-refractivity contribution in [2.24, 2.45) is 20.0 Å². The first-order valence-electron chi connectivity index (χ1n) is 8.21. The highest BCUT2D eigenvalue weighted by molar-refractivity contribution is 5.95. The molecule has 0 fully saturated rings. The third kappa shape index (κ3) is 1.81. The summed E-state index contributed by atoms with van der Waals surface area (Å²) >= 11 is 0. The van der Waals surface area contributed by atoms with Crippen molar-refractivity contribution >= 4 is 28.5 Å². The first-order chi connectivity index (χ1) is 11.7. The zero-order valence-corrected chi connectivity index (χ0v) is 13.7. The van der Waals surface area contributed by atoms with E-state index in [0.29, 0.717) is 6.67 Å². The predicted molar refractivity (Wildman–Crippen MR) is 95.5 cm³/mol. The lowest BCUT2D eigenvalue weighted by Gasteiger charge is -2.13. The molecule has 0 N–H and O–H groups in total. The predicted octanol–water partition coefficient (Wildman–Crippen LogP) is 3.81. The zero-order valence-electron chi connectivity index (χ0n) is 13.7. The van der Waals surface area contributed by atoms with E-state index in [1.807, 2.05) is 0 Å². The summed E-state index contributed by atoms with van der Waals surface area (Å²) in [6.07, 6.45) is 10.6. The van der Waals surface area contributed by atoms with Gasteiger partial charge in [0.05, 0.1) is 10.7 Å². The van der Waals surface area contributed by atoms with Gasteiger partial charge in [-0.2, -0.15) is 9.98 Å². The summed E-state index contributed by atoms with van der Waals surface area (Å²) in [5.74, 6) is 0. The molecule has 4 heteroatoms. The van der Waals surface area contributed by atoms with Crippen LogP contribution >= 0.6 is 0 Å². The van der Waals surface area contributed by atoms with Crippen molar-refractivity contribution in [3.05, 3.63) is 57.3 Å². The first kappa shape index (κ1) is 13.6. The van der Waals surface area contributed by atoms with Crippen molar-refractivity contribution in [2.75, 3.05) is 6.67 Å². The van der Waals surface area contributed by atoms with E-state index in [2.05, 4.69) is 54.1 Å². The van der Waals surface area contributed by atoms with Crippen molar-refractivity contribution in [3.63, 3.8) is 0 Å². The Morgan fingerprint density at radius 2 is 1.25 bits per heavy atom. The Bertz CT molecular complexity index is 1030. The van der Waals surface area contributed by atoms with Crippen LogP contribution in [0, 0.1) is 0 Å². The maximum absolute atomic E-state index is 4.69. The van der Waals surface area contributed by atoms with Gasteiger partial charge >= 0.3 is 0 Å². The van der Waals surface area contributed by atoms with E-state index in [1.165, 1.54) is 22.3 Å². The molecule has 0 radical (unpaired) electrons. The van der Waals surface area contributed by atoms with Crippen molar-refractivity contribution in [3.8, 4) is 0 Å². The molecule has 0 spiro atoms. The first-order valence-corrected chi connectivity index (χ1v) is 8.21. The van der Waals surface area contributed by atoms with Crippen LogP contribution in [-0.2, 0) is 0 Å². The monoisotopic (exact) mass is 312 g/mol. The molecule has 4 nitrogen and oxygen atoms in total. The fourth-order valence-corrected chi connectivity index (χ4v) is 3.80. The molecule has 0 atom stereocenters. The molecule has 116 valence electrons. The normalized spacial score (nSPS) is 19.4. The molecule has 2 heterocycles. The zero-order chi connectivity index (χ0) is 16.3. The molecular weight excluding hydrogens is 296 g/mol. The van der Waals surface area contributed by atoms with E-state index in [0.717, 1.165) is 46.1 Å². The Morgan fingerprint density at radius 3 is 1.67 bits per heavy atom. The molecule has 0 saturated heterocycles. The van der Waals surface area contributed by atoms with Gasteiger partial charge in [0.25, 0.3) is 0 Å². The van der Waals surface area contributed by atoms with Crippen LogP contribution in [0.5, 0.6) is 0 Å². The molecule has 1 aromatic rings. The summed E-state index contributed by atoms with van der Waals surface area (Å²) in [6.45, 7) is 4.79. The molecule has 0 saturated carbocycles. The largest absolute Gasteiger partial charge is 0.259 e. The highest BCUT2D eigenvalue weighted by Gasteiger charge is 2.27. The average molecular weight is 312 g/mol. The van der Waals surface area contributed by atoms with Crippen LogP contribution in [0.2, 0.25) is 0 Å². The average Bonchev–Trinajstić information content (AvgIpc) is 3.31. The van der Waals surface area contributed by atoms with E-state index in [1.54, 1.807) is 0 Å². The van der Waals surface area contributed by atoms with Crippen LogP contribution < -0.4 is 10.7 Å². The SMILES string of the molecule is CC1=CC=C(c2c3c(c(C4=CC=C(C)C4)c4c2=NCN=4)N=C=N3)C1. The van der Waals surface area contributed by atoms with Gasteiger partial charge in [0, 0.05) is 11.1 Å². The van der Waals surface area contributed by atoms with Gasteiger partial charge in [0.1, 0.15) is 24.1 Å². The second kappa shape index (κ2) is 4.83. The van der Waals surface area contributed by atoms with Crippen LogP contribution in [0.25, 0.3) is 11.1 Å². The number of benzene rings is 1. The number of nitrogens with zero attached hydrogens (tertiary/aromatic N) is 4. The lowest BCUT2D eigenvalue weighted by Crippen LogP contribution is -2.29. The Kier molecular flexibility index (Phi) is 2.73. The smallest absolute Gasteiger partial charge is 0.130 e. The van der Waals surface area contributed by atoms with Gasteiger partial charge in [-0.15, -0.1) is 0 Å². The molecule has 0 amide bonds. The molecule has 1 aromatic carbocycles. The topological polar surface area (TPSA) is 49.4 Å². The van der Waals surface area contributed by atoms with Crippen molar-refractivity contribution in [1.82, 2.24) is 0 Å². The molecule has 0 aromatic heterocycles. The lowest BCUT2D eigenvalue weighted by molar-refractivity contribution is 1.05. The van der Waals surface area contributed by atoms with E-state index >= 15 is 0 Å². The second-order valence-corrected chi connectivity index (χ2v) is 6.69. The second-order valence-electron chi connectivity index (χ2n) is 6.69. The van der Waals surface area contributed by atoms with E-state index in [9.17, 15) is 0 Å². The number of fused-ring (bicyclic) bond motifs is 2. The fourth-order valence-electron chi connectivity index (χ4n) is 3.80. The summed E-state index contributed by atoms with van der Waals surface area (Å²) in [7, 11) is 0. The molecule has 24 heavy (non-hydrogen) atoms. The molecule has 4 aliphatic rings. The van der Waals surface area contributed by atoms with Crippen LogP contribution in [-0.4, -0.2) is 12.7 Å². The van der Waals surface area contributed by atoms with Gasteiger partial charge in [-0.3, -0.25) is 9.98 Å². The minimum atomic E-state index is 0.491. The van der Waals surface area contributed by atoms with E-state index in [4.69, 9.17) is 9.98 Å². The van der Waals surface area contributed by atoms with Gasteiger partial charge in [-0.25, -0.2) is 0 Å². The summed E-state index contributed by atoms with van der Waals surface area (Å²) < 4.78 is 0. The third-order valence-corrected chi connectivity index (χ3v) is 4.90. The van der Waals surface area contributed by atoms with Gasteiger partial charge in [0.15, 0.2) is 0 Å². The molecule has 0 bridgehead atoms. The lowest BCUT2D eigenvalue weighted by atomic mass is 9.92. The molecule has 2 aliphatic heterocycles. The van der Waals surface area contributed by atoms with Gasteiger partial charge in [0.2, 0.25) is 0 Å². The molecular formula is C20H16N4. The molecule has 2 aliphatic carbocycles. The Morgan fingerprint density at radius 1 is 0.750 bits per heavy atom. The van der Waals surface area contributed by atoms with Crippen LogP contribution in [0.1, 0.15) is 37.8 Å². The quantitative estimate of drug-likeness (QED) is 0.809. The van der Waals surface area contributed by atoms with Crippen LogP contribution in [0.15, 0.2) is 55.4 Å². The third-order valence-electron chi connectivity index (χ3n) is 4.90. The number of rotatable bonds is 2. The summed E-state index contributed by atoms with van der Waals surface area (Å²) in [5.41, 5.74) is 9.22. The van der Waals surface area contributed by atoms with E-state index in [-0.39, 0.29) is 0 Å². The highest BCUT2D eigenvalue weighted by atomic mass is 15.0. The minimum Gasteiger partial charge on any atom is -0.259 e. The maximum Gasteiger partial charge on any atom is 0.130 e. The van der Waals surface area contributed by atoms with Crippen LogP contribution in [0.3, 0.4) is 0 Å². The van der Waals surface area contributed by atoms with Crippen molar-refractivity contribution in [1.29, 1.82) is 0 Å². The molecule has 5 rings (SSSR count). The molecule has 0 unspecified atom stereocenters. The standard InChI is InChI=1S/C20H16N4/c1-11-3-5-13(7-11)15-17-19(23-9-21-17)16(14-6-4-12(2)8-14)20-18(15)22-10-24-20/h3-6H,7-9H2,1-2H3. The Balaban J connectivity index is 1.81. The van der Waals surface area contributed by atoms with Gasteiger partial charge < -0.3 is 0 Å². The van der Waals surface area contributed by atoms with Gasteiger partial charge in [-0.05, 0) is 37.8 Å². The number of hydrogen-bond acceptors (Lipinski definition) is 4. The van der Waals surface area contributed by atoms with Crippen molar-refractivity contribution < 1.29 is 0 Å². The summed E-state index contributed by atoms with van der Waals surface area (Å²) in [4.78, 5) is 18.3. The minimum absolute atomic E-state index is 0.491. The number of aliphatic imine (C=N–C) groups is 2. The maximum atomic E-state index is 4.69. The number of allylic oxidation sites excluding steroid dienone is 8. The van der Waals surface area contributed by atoms with E-state index < -0.39 is 0 Å². The Labute approximate surface area is 139 Å². The number of hydrogen-bond donors (Lipinski definition) is 0. The van der Waals surface area contributed by atoms with Gasteiger partial charge in [-0.1, -0.05) is 35.5 Å². The summed E-state index contributed by atoms with van der Waals surface area (Å²) in [5, 5.41) is 1.96.